The number of carbonyl (C=O) groups excluding carboxylic acids is 3. The first kappa shape index (κ1) is 19.7. The molecule has 1 atom stereocenters. The van der Waals surface area contributed by atoms with Crippen LogP contribution < -0.4 is 10.6 Å². The number of ether oxygens (including phenoxy) is 1. The number of rotatable bonds is 7. The molecule has 25 heavy (non-hydrogen) atoms. The second-order valence-corrected chi connectivity index (χ2v) is 7.46. The van der Waals surface area contributed by atoms with Crippen LogP contribution in [-0.2, 0) is 19.1 Å². The maximum atomic E-state index is 12.3. The number of amides is 2. The monoisotopic (exact) mass is 353 g/mol. The van der Waals surface area contributed by atoms with Gasteiger partial charge in [0.25, 0.3) is 0 Å². The van der Waals surface area contributed by atoms with Gasteiger partial charge in [-0.15, -0.1) is 0 Å². The third-order valence-corrected chi connectivity index (χ3v) is 4.70. The molecule has 2 aliphatic rings. The highest BCUT2D eigenvalue weighted by Gasteiger charge is 2.33. The molecule has 0 aromatic carbocycles. The van der Waals surface area contributed by atoms with Crippen molar-refractivity contribution in [3.8, 4) is 0 Å². The molecular weight excluding hydrogens is 322 g/mol. The van der Waals surface area contributed by atoms with Crippen molar-refractivity contribution in [2.24, 2.45) is 5.92 Å². The van der Waals surface area contributed by atoms with Crippen LogP contribution in [0.5, 0.6) is 0 Å². The summed E-state index contributed by atoms with van der Waals surface area (Å²) in [5.74, 6) is -0.421. The van der Waals surface area contributed by atoms with E-state index in [1.54, 1.807) is 4.90 Å². The molecule has 0 radical (unpaired) electrons. The molecule has 1 saturated carbocycles. The van der Waals surface area contributed by atoms with E-state index in [1.807, 2.05) is 13.8 Å². The van der Waals surface area contributed by atoms with E-state index < -0.39 is 12.0 Å². The van der Waals surface area contributed by atoms with Gasteiger partial charge in [0.1, 0.15) is 6.04 Å². The van der Waals surface area contributed by atoms with Gasteiger partial charge in [0.2, 0.25) is 11.8 Å². The Morgan fingerprint density at radius 2 is 2.00 bits per heavy atom. The number of hydrogen-bond donors (Lipinski definition) is 2. The van der Waals surface area contributed by atoms with Gasteiger partial charge in [0, 0.05) is 19.1 Å². The summed E-state index contributed by atoms with van der Waals surface area (Å²) in [5.41, 5.74) is 0. The maximum Gasteiger partial charge on any atom is 0.307 e. The Bertz CT molecular complexity index is 475. The molecular formula is C18H31N3O4. The van der Waals surface area contributed by atoms with E-state index in [4.69, 9.17) is 4.74 Å². The molecule has 7 heteroatoms. The number of nitrogens with zero attached hydrogens (tertiary/aromatic N) is 1. The summed E-state index contributed by atoms with van der Waals surface area (Å²) < 4.78 is 5.18. The van der Waals surface area contributed by atoms with Crippen LogP contribution in [0.4, 0.5) is 0 Å². The van der Waals surface area contributed by atoms with Crippen LogP contribution in [0.2, 0.25) is 0 Å². The van der Waals surface area contributed by atoms with Crippen LogP contribution in [-0.4, -0.2) is 61.0 Å². The maximum absolute atomic E-state index is 12.3. The van der Waals surface area contributed by atoms with Gasteiger partial charge in [-0.3, -0.25) is 19.3 Å². The Balaban J connectivity index is 1.85. The first-order chi connectivity index (χ1) is 12.0. The lowest BCUT2D eigenvalue weighted by Crippen LogP contribution is -2.58. The Morgan fingerprint density at radius 3 is 2.68 bits per heavy atom. The highest BCUT2D eigenvalue weighted by Crippen LogP contribution is 2.17. The van der Waals surface area contributed by atoms with Crippen molar-refractivity contribution in [3.05, 3.63) is 0 Å². The lowest BCUT2D eigenvalue weighted by atomic mass is 9.95. The average Bonchev–Trinajstić information content (AvgIpc) is 2.57. The Morgan fingerprint density at radius 1 is 1.28 bits per heavy atom. The van der Waals surface area contributed by atoms with Crippen LogP contribution >= 0.6 is 0 Å². The zero-order valence-corrected chi connectivity index (χ0v) is 15.4. The zero-order valence-electron chi connectivity index (χ0n) is 15.4. The quantitative estimate of drug-likeness (QED) is 0.662. The van der Waals surface area contributed by atoms with Crippen molar-refractivity contribution >= 4 is 17.8 Å². The summed E-state index contributed by atoms with van der Waals surface area (Å²) in [6.45, 7) is 5.46. The normalized spacial score (nSPS) is 22.5. The molecule has 0 aromatic heterocycles. The molecule has 1 aliphatic heterocycles. The summed E-state index contributed by atoms with van der Waals surface area (Å²) in [5, 5.41) is 5.83. The standard InChI is InChI=1S/C18H31N3O4/c1-13(2)12-25-17(23)10-15-18(24)19-8-9-21(15)11-16(22)20-14-6-4-3-5-7-14/h13-15H,3-12H2,1-2H3,(H,19,24)(H,20,22). The van der Waals surface area contributed by atoms with E-state index in [2.05, 4.69) is 10.6 Å². The fraction of sp³-hybridized carbons (Fsp3) is 0.833. The highest BCUT2D eigenvalue weighted by atomic mass is 16.5. The van der Waals surface area contributed by atoms with Crippen LogP contribution in [0.25, 0.3) is 0 Å². The Labute approximate surface area is 149 Å². The molecule has 0 spiro atoms. The van der Waals surface area contributed by atoms with E-state index in [-0.39, 0.29) is 36.7 Å². The van der Waals surface area contributed by atoms with Crippen LogP contribution in [0.1, 0.15) is 52.4 Å². The predicted octanol–water partition coefficient (Wildman–Crippen LogP) is 0.825. The van der Waals surface area contributed by atoms with Gasteiger partial charge < -0.3 is 15.4 Å². The molecule has 1 heterocycles. The number of esters is 1. The number of nitrogens with one attached hydrogen (secondary N) is 2. The summed E-state index contributed by atoms with van der Waals surface area (Å²) >= 11 is 0. The van der Waals surface area contributed by atoms with Gasteiger partial charge in [0.05, 0.1) is 19.6 Å². The Kier molecular flexibility index (Phi) is 7.68. The fourth-order valence-electron chi connectivity index (χ4n) is 3.35. The molecule has 1 aliphatic carbocycles. The van der Waals surface area contributed by atoms with Gasteiger partial charge in [-0.25, -0.2) is 0 Å². The molecule has 142 valence electrons. The third kappa shape index (κ3) is 6.65. The van der Waals surface area contributed by atoms with Crippen molar-refractivity contribution in [2.45, 2.75) is 64.5 Å². The average molecular weight is 353 g/mol. The number of carbonyl (C=O) groups is 3. The first-order valence-electron chi connectivity index (χ1n) is 9.42. The molecule has 0 aromatic rings. The van der Waals surface area contributed by atoms with E-state index in [1.165, 1.54) is 6.42 Å². The van der Waals surface area contributed by atoms with Crippen LogP contribution in [0, 0.1) is 5.92 Å². The van der Waals surface area contributed by atoms with Crippen molar-refractivity contribution in [1.82, 2.24) is 15.5 Å². The lowest BCUT2D eigenvalue weighted by Gasteiger charge is -2.34. The van der Waals surface area contributed by atoms with E-state index >= 15 is 0 Å². The van der Waals surface area contributed by atoms with E-state index in [9.17, 15) is 14.4 Å². The summed E-state index contributed by atoms with van der Waals surface area (Å²) in [4.78, 5) is 38.3. The fourth-order valence-corrected chi connectivity index (χ4v) is 3.35. The number of hydrogen-bond acceptors (Lipinski definition) is 5. The second-order valence-electron chi connectivity index (χ2n) is 7.46. The van der Waals surface area contributed by atoms with Gasteiger partial charge >= 0.3 is 5.97 Å². The molecule has 2 fully saturated rings. The second kappa shape index (κ2) is 9.75. The molecule has 2 rings (SSSR count). The summed E-state index contributed by atoms with van der Waals surface area (Å²) in [7, 11) is 0. The molecule has 2 amide bonds. The minimum Gasteiger partial charge on any atom is -0.465 e. The van der Waals surface area contributed by atoms with Gasteiger partial charge in [-0.05, 0) is 18.8 Å². The van der Waals surface area contributed by atoms with Gasteiger partial charge in [-0.1, -0.05) is 33.1 Å². The topological polar surface area (TPSA) is 87.7 Å². The van der Waals surface area contributed by atoms with E-state index in [0.29, 0.717) is 19.7 Å². The van der Waals surface area contributed by atoms with Gasteiger partial charge in [-0.2, -0.15) is 0 Å². The third-order valence-electron chi connectivity index (χ3n) is 4.70. The van der Waals surface area contributed by atoms with Crippen molar-refractivity contribution in [2.75, 3.05) is 26.2 Å². The molecule has 2 N–H and O–H groups in total. The molecule has 0 bridgehead atoms. The van der Waals surface area contributed by atoms with Crippen LogP contribution in [0.3, 0.4) is 0 Å². The van der Waals surface area contributed by atoms with Gasteiger partial charge in [0.15, 0.2) is 0 Å². The smallest absolute Gasteiger partial charge is 0.307 e. The minimum atomic E-state index is -0.634. The summed E-state index contributed by atoms with van der Waals surface area (Å²) in [6, 6.07) is -0.389. The van der Waals surface area contributed by atoms with Crippen molar-refractivity contribution < 1.29 is 19.1 Å². The van der Waals surface area contributed by atoms with Crippen LogP contribution in [0.15, 0.2) is 0 Å². The zero-order chi connectivity index (χ0) is 18.2. The molecule has 1 unspecified atom stereocenters. The molecule has 7 nitrogen and oxygen atoms in total. The predicted molar refractivity (Wildman–Crippen MR) is 93.8 cm³/mol. The minimum absolute atomic E-state index is 0.0186. The Hall–Kier alpha value is -1.63. The van der Waals surface area contributed by atoms with Crippen molar-refractivity contribution in [3.63, 3.8) is 0 Å². The lowest BCUT2D eigenvalue weighted by molar-refractivity contribution is -0.150. The van der Waals surface area contributed by atoms with Crippen molar-refractivity contribution in [1.29, 1.82) is 0 Å². The van der Waals surface area contributed by atoms with E-state index in [0.717, 1.165) is 25.7 Å². The summed E-state index contributed by atoms with van der Waals surface area (Å²) in [6.07, 6.45) is 5.58. The first-order valence-corrected chi connectivity index (χ1v) is 9.42. The SMILES string of the molecule is CC(C)COC(=O)CC1C(=O)NCCN1CC(=O)NC1CCCCC1. The largest absolute Gasteiger partial charge is 0.465 e. The molecule has 1 saturated heterocycles. The number of piperazine rings is 1. The highest BCUT2D eigenvalue weighted by molar-refractivity contribution is 5.88.